The third kappa shape index (κ3) is 3.23. The highest BCUT2D eigenvalue weighted by molar-refractivity contribution is 5.94. The van der Waals surface area contributed by atoms with Gasteiger partial charge in [-0.05, 0) is 6.42 Å². The van der Waals surface area contributed by atoms with Crippen LogP contribution >= 0.6 is 0 Å². The maximum atomic E-state index is 12.6. The average Bonchev–Trinajstić information content (AvgIpc) is 2.99. The lowest BCUT2D eigenvalue weighted by atomic mass is 9.98. The van der Waals surface area contributed by atoms with Crippen molar-refractivity contribution >= 4 is 11.8 Å². The van der Waals surface area contributed by atoms with Gasteiger partial charge in [-0.1, -0.05) is 0 Å². The molecule has 0 unspecified atom stereocenters. The lowest BCUT2D eigenvalue weighted by molar-refractivity contribution is -0.163. The van der Waals surface area contributed by atoms with Crippen molar-refractivity contribution in [2.24, 2.45) is 7.05 Å². The topological polar surface area (TPSA) is 76.9 Å². The van der Waals surface area contributed by atoms with Crippen molar-refractivity contribution in [1.82, 2.24) is 19.6 Å². The molecule has 1 aromatic heterocycles. The molecule has 0 aliphatic carbocycles. The first-order chi connectivity index (χ1) is 11.1. The number of amides is 2. The van der Waals surface area contributed by atoms with Crippen LogP contribution in [0, 0.1) is 0 Å². The first kappa shape index (κ1) is 15.9. The van der Waals surface area contributed by atoms with E-state index in [9.17, 15) is 9.59 Å². The van der Waals surface area contributed by atoms with Gasteiger partial charge in [0.1, 0.15) is 6.61 Å². The van der Waals surface area contributed by atoms with Crippen molar-refractivity contribution in [2.45, 2.75) is 18.6 Å². The Balaban J connectivity index is 1.72. The highest BCUT2D eigenvalue weighted by Gasteiger charge is 2.41. The number of rotatable bonds is 4. The van der Waals surface area contributed by atoms with Crippen molar-refractivity contribution in [3.05, 3.63) is 18.0 Å². The van der Waals surface area contributed by atoms with Crippen LogP contribution in [-0.4, -0.2) is 83.5 Å². The number of nitrogens with zero attached hydrogens (tertiary/aromatic N) is 4. The molecule has 1 aromatic rings. The number of carbonyl (C=O) groups is 2. The summed E-state index contributed by atoms with van der Waals surface area (Å²) in [5, 5.41) is 4.04. The molecule has 0 saturated carbocycles. The maximum absolute atomic E-state index is 12.6. The first-order valence-corrected chi connectivity index (χ1v) is 7.78. The molecule has 2 amide bonds. The third-order valence-electron chi connectivity index (χ3n) is 4.44. The SMILES string of the molecule is COCCN1C(=O)CO[C@@H]2CCN(C(=O)c3cnn(C)c3)C[C@@H]21. The molecule has 0 aromatic carbocycles. The van der Waals surface area contributed by atoms with E-state index in [2.05, 4.69) is 5.10 Å². The normalized spacial score (nSPS) is 24.7. The lowest BCUT2D eigenvalue weighted by Gasteiger charge is -2.46. The van der Waals surface area contributed by atoms with E-state index >= 15 is 0 Å². The lowest BCUT2D eigenvalue weighted by Crippen LogP contribution is -2.63. The Morgan fingerprint density at radius 3 is 3.04 bits per heavy atom. The number of fused-ring (bicyclic) bond motifs is 1. The van der Waals surface area contributed by atoms with Crippen LogP contribution in [0.15, 0.2) is 12.4 Å². The van der Waals surface area contributed by atoms with E-state index in [-0.39, 0.29) is 30.6 Å². The van der Waals surface area contributed by atoms with Gasteiger partial charge < -0.3 is 19.3 Å². The van der Waals surface area contributed by atoms with Gasteiger partial charge in [0.15, 0.2) is 0 Å². The fraction of sp³-hybridized carbons (Fsp3) is 0.667. The largest absolute Gasteiger partial charge is 0.383 e. The molecular weight excluding hydrogens is 300 g/mol. The standard InChI is InChI=1S/C15H22N4O4/c1-17-8-11(7-16-17)15(21)18-4-3-13-12(9-18)19(5-6-22-2)14(20)10-23-13/h7-8,12-13H,3-6,9-10H2,1-2H3/t12-,13+/m0/s1. The Morgan fingerprint density at radius 1 is 1.52 bits per heavy atom. The van der Waals surface area contributed by atoms with Crippen LogP contribution in [0.2, 0.25) is 0 Å². The van der Waals surface area contributed by atoms with Crippen molar-refractivity contribution in [2.75, 3.05) is 40.0 Å². The molecule has 8 heteroatoms. The highest BCUT2D eigenvalue weighted by atomic mass is 16.5. The molecule has 2 atom stereocenters. The molecule has 2 aliphatic rings. The Kier molecular flexibility index (Phi) is 4.63. The summed E-state index contributed by atoms with van der Waals surface area (Å²) in [5.74, 6) is -0.0970. The highest BCUT2D eigenvalue weighted by Crippen LogP contribution is 2.24. The van der Waals surface area contributed by atoms with Gasteiger partial charge in [0.05, 0.1) is 30.5 Å². The molecule has 0 radical (unpaired) electrons. The number of ether oxygens (including phenoxy) is 2. The predicted molar refractivity (Wildman–Crippen MR) is 80.8 cm³/mol. The van der Waals surface area contributed by atoms with Crippen LogP contribution < -0.4 is 0 Å². The fourth-order valence-corrected chi connectivity index (χ4v) is 3.23. The van der Waals surface area contributed by atoms with E-state index in [4.69, 9.17) is 9.47 Å². The first-order valence-electron chi connectivity index (χ1n) is 7.78. The summed E-state index contributed by atoms with van der Waals surface area (Å²) < 4.78 is 12.4. The molecule has 0 spiro atoms. The number of morpholine rings is 1. The maximum Gasteiger partial charge on any atom is 0.257 e. The molecule has 8 nitrogen and oxygen atoms in total. The summed E-state index contributed by atoms with van der Waals surface area (Å²) in [7, 11) is 3.39. The zero-order valence-corrected chi connectivity index (χ0v) is 13.5. The van der Waals surface area contributed by atoms with Crippen LogP contribution in [0.25, 0.3) is 0 Å². The molecule has 126 valence electrons. The Bertz CT molecular complexity index is 588. The number of hydrogen-bond donors (Lipinski definition) is 0. The molecule has 2 aliphatic heterocycles. The fourth-order valence-electron chi connectivity index (χ4n) is 3.23. The smallest absolute Gasteiger partial charge is 0.257 e. The van der Waals surface area contributed by atoms with Crippen molar-refractivity contribution in [3.63, 3.8) is 0 Å². The molecule has 2 saturated heterocycles. The van der Waals surface area contributed by atoms with Gasteiger partial charge in [-0.25, -0.2) is 0 Å². The number of aryl methyl sites for hydroxylation is 1. The molecular formula is C15H22N4O4. The summed E-state index contributed by atoms with van der Waals surface area (Å²) in [5.41, 5.74) is 0.567. The van der Waals surface area contributed by atoms with Crippen LogP contribution in [0.4, 0.5) is 0 Å². The van der Waals surface area contributed by atoms with Gasteiger partial charge in [-0.3, -0.25) is 14.3 Å². The summed E-state index contributed by atoms with van der Waals surface area (Å²) >= 11 is 0. The minimum atomic E-state index is -0.110. The number of carbonyl (C=O) groups excluding carboxylic acids is 2. The van der Waals surface area contributed by atoms with Crippen LogP contribution in [0.5, 0.6) is 0 Å². The third-order valence-corrected chi connectivity index (χ3v) is 4.44. The van der Waals surface area contributed by atoms with Crippen LogP contribution in [-0.2, 0) is 21.3 Å². The molecule has 3 rings (SSSR count). The Morgan fingerprint density at radius 2 is 2.35 bits per heavy atom. The van der Waals surface area contributed by atoms with E-state index in [1.54, 1.807) is 41.0 Å². The summed E-state index contributed by atoms with van der Waals surface area (Å²) in [6, 6.07) is -0.110. The predicted octanol–water partition coefficient (Wildman–Crippen LogP) is -0.492. The van der Waals surface area contributed by atoms with Crippen LogP contribution in [0.3, 0.4) is 0 Å². The van der Waals surface area contributed by atoms with Gasteiger partial charge in [-0.2, -0.15) is 5.10 Å². The zero-order valence-electron chi connectivity index (χ0n) is 13.5. The van der Waals surface area contributed by atoms with Gasteiger partial charge in [-0.15, -0.1) is 0 Å². The van der Waals surface area contributed by atoms with E-state index < -0.39 is 0 Å². The minimum absolute atomic E-state index is 0.0116. The average molecular weight is 322 g/mol. The quantitative estimate of drug-likeness (QED) is 0.747. The number of methoxy groups -OCH3 is 1. The Labute approximate surface area is 134 Å². The summed E-state index contributed by atoms with van der Waals surface area (Å²) in [6.45, 7) is 2.22. The number of likely N-dealkylation sites (tertiary alicyclic amines) is 1. The number of aromatic nitrogens is 2. The Hall–Kier alpha value is -1.93. The molecule has 3 heterocycles. The van der Waals surface area contributed by atoms with Gasteiger partial charge in [0.2, 0.25) is 5.91 Å². The molecule has 0 N–H and O–H groups in total. The van der Waals surface area contributed by atoms with Crippen LogP contribution in [0.1, 0.15) is 16.8 Å². The van der Waals surface area contributed by atoms with Gasteiger partial charge >= 0.3 is 0 Å². The van der Waals surface area contributed by atoms with E-state index in [0.29, 0.717) is 31.8 Å². The van der Waals surface area contributed by atoms with Gasteiger partial charge in [0.25, 0.3) is 5.91 Å². The van der Waals surface area contributed by atoms with E-state index in [0.717, 1.165) is 6.42 Å². The second-order valence-electron chi connectivity index (χ2n) is 5.94. The minimum Gasteiger partial charge on any atom is -0.383 e. The monoisotopic (exact) mass is 322 g/mol. The van der Waals surface area contributed by atoms with Crippen molar-refractivity contribution < 1.29 is 19.1 Å². The molecule has 0 bridgehead atoms. The second-order valence-corrected chi connectivity index (χ2v) is 5.94. The summed E-state index contributed by atoms with van der Waals surface area (Å²) in [6.07, 6.45) is 4.00. The van der Waals surface area contributed by atoms with Gasteiger partial charge in [0, 0.05) is 40.0 Å². The van der Waals surface area contributed by atoms with E-state index in [1.165, 1.54) is 0 Å². The second kappa shape index (κ2) is 6.67. The van der Waals surface area contributed by atoms with Crippen molar-refractivity contribution in [1.29, 1.82) is 0 Å². The van der Waals surface area contributed by atoms with E-state index in [1.807, 2.05) is 0 Å². The number of hydrogen-bond acceptors (Lipinski definition) is 5. The summed E-state index contributed by atoms with van der Waals surface area (Å²) in [4.78, 5) is 28.3. The molecule has 23 heavy (non-hydrogen) atoms. The number of piperidine rings is 1. The van der Waals surface area contributed by atoms with Crippen molar-refractivity contribution in [3.8, 4) is 0 Å². The molecule has 2 fully saturated rings. The zero-order chi connectivity index (χ0) is 16.4.